The molecule has 2 heterocycles. The van der Waals surface area contributed by atoms with Gasteiger partial charge >= 0.3 is 5.97 Å². The molecule has 0 saturated heterocycles. The van der Waals surface area contributed by atoms with E-state index in [2.05, 4.69) is 5.32 Å². The molecule has 0 bridgehead atoms. The molecule has 0 atom stereocenters. The number of carbonyl (C=O) groups excluding carboxylic acids is 3. The number of fused-ring (bicyclic) bond motifs is 1. The maximum atomic E-state index is 12.7. The van der Waals surface area contributed by atoms with Crippen LogP contribution >= 0.6 is 22.9 Å². The first kappa shape index (κ1) is 20.8. The summed E-state index contributed by atoms with van der Waals surface area (Å²) in [5, 5.41) is 3.34. The van der Waals surface area contributed by atoms with Gasteiger partial charge in [0.2, 0.25) is 0 Å². The summed E-state index contributed by atoms with van der Waals surface area (Å²) in [4.78, 5) is 49.4. The van der Waals surface area contributed by atoms with Crippen LogP contribution in [0.1, 0.15) is 48.6 Å². The van der Waals surface area contributed by atoms with Crippen molar-refractivity contribution < 1.29 is 23.5 Å². The van der Waals surface area contributed by atoms with E-state index in [0.717, 1.165) is 17.4 Å². The van der Waals surface area contributed by atoms with E-state index in [4.69, 9.17) is 20.8 Å². The number of esters is 1. The number of anilines is 1. The summed E-state index contributed by atoms with van der Waals surface area (Å²) in [5.41, 5.74) is 0.965. The molecule has 1 aromatic carbocycles. The number of methoxy groups -OCH3 is 1. The van der Waals surface area contributed by atoms with Crippen molar-refractivity contribution >= 4 is 56.6 Å². The topological polar surface area (TPSA) is 103 Å². The number of rotatable bonds is 4. The molecule has 3 aromatic rings. The summed E-state index contributed by atoms with van der Waals surface area (Å²) in [6.45, 7) is 4.70. The average Bonchev–Trinajstić information content (AvgIpc) is 2.98. The highest BCUT2D eigenvalue weighted by Gasteiger charge is 2.26. The number of thiophene rings is 1. The lowest BCUT2D eigenvalue weighted by Crippen LogP contribution is -2.16. The van der Waals surface area contributed by atoms with Gasteiger partial charge in [-0.05, 0) is 44.0 Å². The van der Waals surface area contributed by atoms with Crippen molar-refractivity contribution in [1.29, 1.82) is 0 Å². The molecule has 0 fully saturated rings. The number of nitrogens with one attached hydrogen (secondary N) is 1. The Morgan fingerprint density at radius 3 is 2.48 bits per heavy atom. The van der Waals surface area contributed by atoms with Gasteiger partial charge in [0.05, 0.1) is 22.9 Å². The number of benzene rings is 1. The second kappa shape index (κ2) is 7.81. The van der Waals surface area contributed by atoms with Gasteiger partial charge in [0, 0.05) is 11.1 Å². The van der Waals surface area contributed by atoms with Gasteiger partial charge in [0.25, 0.3) is 5.91 Å². The smallest absolute Gasteiger partial charge is 0.341 e. The van der Waals surface area contributed by atoms with Crippen molar-refractivity contribution in [1.82, 2.24) is 0 Å². The number of hydrogen-bond donors (Lipinski definition) is 1. The first-order valence-electron chi connectivity index (χ1n) is 8.42. The van der Waals surface area contributed by atoms with Gasteiger partial charge in [-0.1, -0.05) is 11.6 Å². The second-order valence-corrected chi connectivity index (χ2v) is 7.76. The molecular formula is C20H16ClNO6S. The summed E-state index contributed by atoms with van der Waals surface area (Å²) < 4.78 is 10.3. The van der Waals surface area contributed by atoms with Gasteiger partial charge in [0.1, 0.15) is 10.6 Å². The van der Waals surface area contributed by atoms with E-state index in [1.807, 2.05) is 0 Å². The minimum Gasteiger partial charge on any atom is -0.465 e. The van der Waals surface area contributed by atoms with E-state index in [0.29, 0.717) is 21.0 Å². The fraction of sp³-hybridized carbons (Fsp3) is 0.200. The third-order valence-electron chi connectivity index (χ3n) is 4.32. The van der Waals surface area contributed by atoms with Gasteiger partial charge < -0.3 is 14.5 Å². The zero-order valence-electron chi connectivity index (χ0n) is 16.0. The lowest BCUT2D eigenvalue weighted by atomic mass is 10.1. The first-order valence-corrected chi connectivity index (χ1v) is 9.61. The number of hydrogen-bond acceptors (Lipinski definition) is 7. The van der Waals surface area contributed by atoms with Crippen molar-refractivity contribution in [2.45, 2.75) is 20.8 Å². The molecule has 1 amide bonds. The van der Waals surface area contributed by atoms with Crippen molar-refractivity contribution in [2.75, 3.05) is 12.4 Å². The van der Waals surface area contributed by atoms with Crippen LogP contribution in [0.4, 0.5) is 5.00 Å². The fourth-order valence-corrected chi connectivity index (χ4v) is 4.09. The molecule has 0 radical (unpaired) electrons. The van der Waals surface area contributed by atoms with Crippen LogP contribution in [0, 0.1) is 13.8 Å². The SMILES string of the molecule is COC(=O)c1c(NC(=O)c2cc(=O)c3cc(Cl)c(C)cc3o2)sc(C(C)=O)c1C. The Balaban J connectivity index is 2.06. The maximum Gasteiger partial charge on any atom is 0.341 e. The van der Waals surface area contributed by atoms with Crippen molar-refractivity contribution in [2.24, 2.45) is 0 Å². The molecule has 0 aliphatic heterocycles. The molecule has 0 aliphatic rings. The van der Waals surface area contributed by atoms with Crippen LogP contribution in [0.15, 0.2) is 27.4 Å². The summed E-state index contributed by atoms with van der Waals surface area (Å²) in [5.74, 6) is -1.91. The highest BCUT2D eigenvalue weighted by atomic mass is 35.5. The number of ketones is 1. The van der Waals surface area contributed by atoms with Crippen LogP contribution in [0.5, 0.6) is 0 Å². The Kier molecular flexibility index (Phi) is 5.59. The molecule has 0 saturated carbocycles. The Morgan fingerprint density at radius 1 is 1.17 bits per heavy atom. The number of carbonyl (C=O) groups is 3. The van der Waals surface area contributed by atoms with Crippen molar-refractivity contribution in [3.8, 4) is 0 Å². The molecule has 29 heavy (non-hydrogen) atoms. The van der Waals surface area contributed by atoms with Gasteiger partial charge in [-0.3, -0.25) is 14.4 Å². The standard InChI is InChI=1S/C20H16ClNO6S/c1-8-5-14-11(6-12(8)21)13(24)7-15(28-14)18(25)22-19-16(20(26)27-4)9(2)17(29-19)10(3)23/h5-7H,1-4H3,(H,22,25). The lowest BCUT2D eigenvalue weighted by Gasteiger charge is -2.07. The monoisotopic (exact) mass is 433 g/mol. The molecule has 3 rings (SSSR count). The quantitative estimate of drug-likeness (QED) is 0.484. The number of aryl methyl sites for hydroxylation is 1. The van der Waals surface area contributed by atoms with Crippen LogP contribution in [-0.4, -0.2) is 24.8 Å². The largest absolute Gasteiger partial charge is 0.465 e. The highest BCUT2D eigenvalue weighted by Crippen LogP contribution is 2.34. The number of Topliss-reactive ketones (excluding diaryl/α,β-unsaturated/α-hetero) is 1. The summed E-state index contributed by atoms with van der Waals surface area (Å²) in [7, 11) is 1.20. The lowest BCUT2D eigenvalue weighted by molar-refractivity contribution is 0.0601. The fourth-order valence-electron chi connectivity index (χ4n) is 2.84. The average molecular weight is 434 g/mol. The van der Waals surface area contributed by atoms with Crippen LogP contribution < -0.4 is 10.7 Å². The predicted octanol–water partition coefficient (Wildman–Crippen LogP) is 4.37. The third kappa shape index (κ3) is 3.81. The molecule has 150 valence electrons. The minimum absolute atomic E-state index is 0.0850. The minimum atomic E-state index is -0.738. The zero-order chi connectivity index (χ0) is 21.5. The number of amides is 1. The van der Waals surface area contributed by atoms with Crippen LogP contribution in [0.3, 0.4) is 0 Å². The molecular weight excluding hydrogens is 418 g/mol. The molecule has 2 aromatic heterocycles. The normalized spacial score (nSPS) is 10.8. The molecule has 9 heteroatoms. The third-order valence-corrected chi connectivity index (χ3v) is 6.03. The maximum absolute atomic E-state index is 12.7. The second-order valence-electron chi connectivity index (χ2n) is 6.33. The Bertz CT molecular complexity index is 1240. The summed E-state index contributed by atoms with van der Waals surface area (Å²) in [6, 6.07) is 4.10. The molecule has 0 spiro atoms. The van der Waals surface area contributed by atoms with E-state index in [1.165, 1.54) is 20.1 Å². The highest BCUT2D eigenvalue weighted by molar-refractivity contribution is 7.18. The molecule has 0 aliphatic carbocycles. The Labute approximate surface area is 174 Å². The van der Waals surface area contributed by atoms with E-state index >= 15 is 0 Å². The van der Waals surface area contributed by atoms with Crippen LogP contribution in [0.25, 0.3) is 11.0 Å². The van der Waals surface area contributed by atoms with E-state index in [9.17, 15) is 19.2 Å². The molecule has 0 unspecified atom stereocenters. The predicted molar refractivity (Wildman–Crippen MR) is 111 cm³/mol. The van der Waals surface area contributed by atoms with Crippen LogP contribution in [0.2, 0.25) is 5.02 Å². The molecule has 7 nitrogen and oxygen atoms in total. The van der Waals surface area contributed by atoms with Gasteiger partial charge in [-0.15, -0.1) is 11.3 Å². The van der Waals surface area contributed by atoms with Gasteiger partial charge in [0.15, 0.2) is 17.0 Å². The molecule has 1 N–H and O–H groups in total. The van der Waals surface area contributed by atoms with E-state index < -0.39 is 17.3 Å². The van der Waals surface area contributed by atoms with Crippen molar-refractivity contribution in [3.63, 3.8) is 0 Å². The van der Waals surface area contributed by atoms with Gasteiger partial charge in [-0.25, -0.2) is 4.79 Å². The number of halogens is 1. The van der Waals surface area contributed by atoms with Crippen LogP contribution in [-0.2, 0) is 4.74 Å². The number of ether oxygens (including phenoxy) is 1. The Hall–Kier alpha value is -2.97. The summed E-state index contributed by atoms with van der Waals surface area (Å²) in [6.07, 6.45) is 0. The van der Waals surface area contributed by atoms with E-state index in [-0.39, 0.29) is 33.1 Å². The summed E-state index contributed by atoms with van der Waals surface area (Å²) >= 11 is 7.00. The van der Waals surface area contributed by atoms with Gasteiger partial charge in [-0.2, -0.15) is 0 Å². The first-order chi connectivity index (χ1) is 13.6. The van der Waals surface area contributed by atoms with Crippen molar-refractivity contribution in [3.05, 3.63) is 60.8 Å². The zero-order valence-corrected chi connectivity index (χ0v) is 17.5. The van der Waals surface area contributed by atoms with E-state index in [1.54, 1.807) is 19.9 Å². The Morgan fingerprint density at radius 2 is 1.86 bits per heavy atom.